The van der Waals surface area contributed by atoms with Crippen LogP contribution in [-0.4, -0.2) is 19.4 Å². The molecular formula is C9H14O3. The van der Waals surface area contributed by atoms with Gasteiger partial charge in [0.15, 0.2) is 0 Å². The van der Waals surface area contributed by atoms with Gasteiger partial charge in [0.1, 0.15) is 6.29 Å². The van der Waals surface area contributed by atoms with Gasteiger partial charge in [0.05, 0.1) is 13.0 Å². The lowest BCUT2D eigenvalue weighted by molar-refractivity contribution is -0.147. The van der Waals surface area contributed by atoms with Crippen LogP contribution in [0.4, 0.5) is 0 Å². The van der Waals surface area contributed by atoms with E-state index in [1.807, 2.05) is 0 Å². The highest BCUT2D eigenvalue weighted by Crippen LogP contribution is 2.27. The Hall–Kier alpha value is -0.860. The summed E-state index contributed by atoms with van der Waals surface area (Å²) in [5.74, 6) is 0.0801. The van der Waals surface area contributed by atoms with Crippen LogP contribution in [0.2, 0.25) is 0 Å². The average Bonchev–Trinajstić information content (AvgIpc) is 2.17. The fourth-order valence-electron chi connectivity index (χ4n) is 1.66. The first-order valence-corrected chi connectivity index (χ1v) is 4.31. The average molecular weight is 170 g/mol. The molecule has 0 heterocycles. The van der Waals surface area contributed by atoms with Gasteiger partial charge in [-0.3, -0.25) is 4.79 Å². The van der Waals surface area contributed by atoms with Crippen molar-refractivity contribution in [2.45, 2.75) is 25.7 Å². The van der Waals surface area contributed by atoms with Crippen molar-refractivity contribution in [1.29, 1.82) is 0 Å². The second-order valence-electron chi connectivity index (χ2n) is 3.27. The van der Waals surface area contributed by atoms with E-state index in [0.717, 1.165) is 32.0 Å². The van der Waals surface area contributed by atoms with E-state index >= 15 is 0 Å². The van der Waals surface area contributed by atoms with Crippen LogP contribution < -0.4 is 0 Å². The number of carbonyl (C=O) groups excluding carboxylic acids is 2. The fourth-order valence-corrected chi connectivity index (χ4v) is 1.66. The number of carbonyl (C=O) groups is 2. The number of aldehydes is 1. The van der Waals surface area contributed by atoms with E-state index in [2.05, 4.69) is 4.74 Å². The Morgan fingerprint density at radius 1 is 1.33 bits per heavy atom. The van der Waals surface area contributed by atoms with Crippen molar-refractivity contribution < 1.29 is 14.3 Å². The largest absolute Gasteiger partial charge is 0.469 e. The summed E-state index contributed by atoms with van der Waals surface area (Å²) in [6.07, 6.45) is 4.27. The fraction of sp³-hybridized carbons (Fsp3) is 0.778. The molecule has 0 unspecified atom stereocenters. The lowest BCUT2D eigenvalue weighted by Crippen LogP contribution is -2.23. The van der Waals surface area contributed by atoms with Crippen molar-refractivity contribution in [2.75, 3.05) is 7.11 Å². The molecule has 0 aromatic rings. The molecule has 0 spiro atoms. The Morgan fingerprint density at radius 3 is 2.33 bits per heavy atom. The topological polar surface area (TPSA) is 43.4 Å². The maximum atomic E-state index is 11.1. The molecule has 1 fully saturated rings. The first-order valence-electron chi connectivity index (χ1n) is 4.31. The van der Waals surface area contributed by atoms with Gasteiger partial charge in [-0.2, -0.15) is 0 Å². The zero-order valence-electron chi connectivity index (χ0n) is 7.29. The van der Waals surface area contributed by atoms with Crippen molar-refractivity contribution in [3.05, 3.63) is 0 Å². The van der Waals surface area contributed by atoms with Gasteiger partial charge in [0.2, 0.25) is 0 Å². The van der Waals surface area contributed by atoms with Gasteiger partial charge in [-0.25, -0.2) is 0 Å². The molecule has 0 N–H and O–H groups in total. The highest BCUT2D eigenvalue weighted by atomic mass is 16.5. The zero-order valence-corrected chi connectivity index (χ0v) is 7.29. The van der Waals surface area contributed by atoms with Crippen molar-refractivity contribution in [2.24, 2.45) is 11.8 Å². The smallest absolute Gasteiger partial charge is 0.308 e. The zero-order chi connectivity index (χ0) is 8.97. The highest BCUT2D eigenvalue weighted by Gasteiger charge is 2.26. The van der Waals surface area contributed by atoms with Gasteiger partial charge in [-0.15, -0.1) is 0 Å². The molecule has 1 aliphatic rings. The summed E-state index contributed by atoms with van der Waals surface area (Å²) in [5.41, 5.74) is 0. The molecule has 12 heavy (non-hydrogen) atoms. The Balaban J connectivity index is 2.35. The summed E-state index contributed by atoms with van der Waals surface area (Å²) < 4.78 is 4.63. The summed E-state index contributed by atoms with van der Waals surface area (Å²) in [5, 5.41) is 0. The van der Waals surface area contributed by atoms with Crippen molar-refractivity contribution in [1.82, 2.24) is 0 Å². The van der Waals surface area contributed by atoms with Crippen LogP contribution in [0.3, 0.4) is 0 Å². The van der Waals surface area contributed by atoms with E-state index in [9.17, 15) is 9.59 Å². The molecule has 0 aromatic heterocycles. The van der Waals surface area contributed by atoms with Gasteiger partial charge in [0.25, 0.3) is 0 Å². The third-order valence-electron chi connectivity index (χ3n) is 2.50. The van der Waals surface area contributed by atoms with Gasteiger partial charge in [0, 0.05) is 5.92 Å². The molecule has 3 nitrogen and oxygen atoms in total. The number of hydrogen-bond acceptors (Lipinski definition) is 3. The maximum Gasteiger partial charge on any atom is 0.308 e. The molecular weight excluding hydrogens is 156 g/mol. The second kappa shape index (κ2) is 4.24. The first kappa shape index (κ1) is 9.23. The normalized spacial score (nSPS) is 29.4. The predicted molar refractivity (Wildman–Crippen MR) is 43.5 cm³/mol. The summed E-state index contributed by atoms with van der Waals surface area (Å²) in [4.78, 5) is 21.4. The standard InChI is InChI=1S/C9H14O3/c1-12-9(11)8-4-2-7(6-10)3-5-8/h6-8H,2-5H2,1H3/t7-,8+. The van der Waals surface area contributed by atoms with Gasteiger partial charge in [-0.05, 0) is 25.7 Å². The summed E-state index contributed by atoms with van der Waals surface area (Å²) >= 11 is 0. The van der Waals surface area contributed by atoms with Gasteiger partial charge in [-0.1, -0.05) is 0 Å². The lowest BCUT2D eigenvalue weighted by Gasteiger charge is -2.22. The van der Waals surface area contributed by atoms with E-state index in [-0.39, 0.29) is 17.8 Å². The Morgan fingerprint density at radius 2 is 1.92 bits per heavy atom. The molecule has 0 bridgehead atoms. The predicted octanol–water partition coefficient (Wildman–Crippen LogP) is 1.16. The minimum Gasteiger partial charge on any atom is -0.469 e. The van der Waals surface area contributed by atoms with Crippen LogP contribution in [-0.2, 0) is 14.3 Å². The molecule has 0 saturated heterocycles. The van der Waals surface area contributed by atoms with Crippen molar-refractivity contribution in [3.8, 4) is 0 Å². The van der Waals surface area contributed by atoms with Crippen LogP contribution >= 0.6 is 0 Å². The summed E-state index contributed by atoms with van der Waals surface area (Å²) in [6, 6.07) is 0. The van der Waals surface area contributed by atoms with Crippen LogP contribution in [0.15, 0.2) is 0 Å². The van der Waals surface area contributed by atoms with Crippen LogP contribution in [0.5, 0.6) is 0 Å². The molecule has 1 aliphatic carbocycles. The third kappa shape index (κ3) is 2.06. The number of methoxy groups -OCH3 is 1. The SMILES string of the molecule is COC(=O)[C@H]1CC[C@@H](C=O)CC1. The number of ether oxygens (including phenoxy) is 1. The molecule has 0 aliphatic heterocycles. The van der Waals surface area contributed by atoms with E-state index in [4.69, 9.17) is 0 Å². The number of esters is 1. The quantitative estimate of drug-likeness (QED) is 0.461. The lowest BCUT2D eigenvalue weighted by atomic mass is 9.83. The maximum absolute atomic E-state index is 11.1. The monoisotopic (exact) mass is 170 g/mol. The van der Waals surface area contributed by atoms with Gasteiger partial charge < -0.3 is 9.53 Å². The highest BCUT2D eigenvalue weighted by molar-refractivity contribution is 5.72. The minimum atomic E-state index is -0.126. The van der Waals surface area contributed by atoms with E-state index < -0.39 is 0 Å². The number of hydrogen-bond donors (Lipinski definition) is 0. The molecule has 1 rings (SSSR count). The summed E-state index contributed by atoms with van der Waals surface area (Å²) in [6.45, 7) is 0. The molecule has 3 heteroatoms. The molecule has 0 radical (unpaired) electrons. The molecule has 1 saturated carbocycles. The van der Waals surface area contributed by atoms with Crippen molar-refractivity contribution in [3.63, 3.8) is 0 Å². The van der Waals surface area contributed by atoms with E-state index in [1.54, 1.807) is 0 Å². The van der Waals surface area contributed by atoms with Gasteiger partial charge >= 0.3 is 5.97 Å². The Labute approximate surface area is 72.1 Å². The Bertz CT molecular complexity index is 169. The first-order chi connectivity index (χ1) is 5.77. The van der Waals surface area contributed by atoms with Crippen molar-refractivity contribution >= 4 is 12.3 Å². The summed E-state index contributed by atoms with van der Waals surface area (Å²) in [7, 11) is 1.41. The van der Waals surface area contributed by atoms with E-state index in [1.165, 1.54) is 7.11 Å². The molecule has 0 aromatic carbocycles. The van der Waals surface area contributed by atoms with Crippen LogP contribution in [0.25, 0.3) is 0 Å². The third-order valence-corrected chi connectivity index (χ3v) is 2.50. The number of rotatable bonds is 2. The molecule has 0 atom stereocenters. The van der Waals surface area contributed by atoms with Crippen LogP contribution in [0, 0.1) is 11.8 Å². The molecule has 68 valence electrons. The minimum absolute atomic E-state index is 0.0335. The van der Waals surface area contributed by atoms with Crippen LogP contribution in [0.1, 0.15) is 25.7 Å². The second-order valence-corrected chi connectivity index (χ2v) is 3.27. The van der Waals surface area contributed by atoms with E-state index in [0.29, 0.717) is 0 Å². The Kier molecular flexibility index (Phi) is 3.26. The molecule has 0 amide bonds.